The normalized spacial score (nSPS) is 12.0. The van der Waals surface area contributed by atoms with Crippen LogP contribution in [0.1, 0.15) is 5.56 Å². The Hall–Kier alpha value is -1.50. The molecule has 3 nitrogen and oxygen atoms in total. The number of para-hydroxylation sites is 1. The first-order valence-corrected chi connectivity index (χ1v) is 9.70. The lowest BCUT2D eigenvalue weighted by Gasteiger charge is -2.02. The first-order chi connectivity index (χ1) is 11.3. The predicted molar refractivity (Wildman–Crippen MR) is 105 cm³/mol. The topological polar surface area (TPSA) is 41.1 Å². The van der Waals surface area contributed by atoms with E-state index in [1.165, 1.54) is 22.0 Å². The van der Waals surface area contributed by atoms with Gasteiger partial charge in [0.25, 0.3) is 0 Å². The number of thioether (sulfide) groups is 1. The van der Waals surface area contributed by atoms with Gasteiger partial charge >= 0.3 is 0 Å². The standard InChI is InChI=1S/C17H17N3S3/c18-16(22-12-13-6-2-1-3-7-13)19-17-20(10-11-21)14-8-4-5-9-15(14)23-17/h1-9,18,21H,10-12H2. The molecule has 3 aromatic rings. The van der Waals surface area contributed by atoms with Gasteiger partial charge in [-0.25, -0.2) is 0 Å². The summed E-state index contributed by atoms with van der Waals surface area (Å²) in [6, 6.07) is 18.4. The Kier molecular flexibility index (Phi) is 5.59. The molecule has 0 spiro atoms. The van der Waals surface area contributed by atoms with Crippen LogP contribution in [0.2, 0.25) is 0 Å². The minimum absolute atomic E-state index is 0.341. The smallest absolute Gasteiger partial charge is 0.192 e. The first kappa shape index (κ1) is 16.4. The number of aromatic nitrogens is 1. The van der Waals surface area contributed by atoms with Crippen LogP contribution in [0.25, 0.3) is 10.2 Å². The summed E-state index contributed by atoms with van der Waals surface area (Å²) in [7, 11) is 0. The molecule has 0 saturated carbocycles. The molecule has 2 aromatic carbocycles. The molecule has 1 aromatic heterocycles. The average molecular weight is 360 g/mol. The molecular weight excluding hydrogens is 342 g/mol. The Morgan fingerprint density at radius 3 is 2.65 bits per heavy atom. The third-order valence-electron chi connectivity index (χ3n) is 3.33. The van der Waals surface area contributed by atoms with Gasteiger partial charge in [0.15, 0.2) is 9.97 Å². The van der Waals surface area contributed by atoms with Gasteiger partial charge < -0.3 is 4.57 Å². The van der Waals surface area contributed by atoms with E-state index in [0.717, 1.165) is 28.4 Å². The second-order valence-electron chi connectivity index (χ2n) is 4.92. The second-order valence-corrected chi connectivity index (χ2v) is 7.34. The van der Waals surface area contributed by atoms with Gasteiger partial charge in [0.05, 0.1) is 10.2 Å². The Bertz CT molecular complexity index is 865. The number of rotatable bonds is 4. The fourth-order valence-electron chi connectivity index (χ4n) is 2.27. The summed E-state index contributed by atoms with van der Waals surface area (Å²) in [6.45, 7) is 0.794. The second kappa shape index (κ2) is 7.86. The molecule has 0 bridgehead atoms. The lowest BCUT2D eigenvalue weighted by molar-refractivity contribution is 0.778. The number of hydrogen-bond donors (Lipinski definition) is 2. The number of thiol groups is 1. The molecule has 23 heavy (non-hydrogen) atoms. The molecular formula is C17H17N3S3. The van der Waals surface area contributed by atoms with Crippen LogP contribution in [0.15, 0.2) is 59.6 Å². The summed E-state index contributed by atoms with van der Waals surface area (Å²) in [4.78, 5) is 5.39. The van der Waals surface area contributed by atoms with Crippen molar-refractivity contribution < 1.29 is 0 Å². The van der Waals surface area contributed by atoms with Crippen LogP contribution in [0.4, 0.5) is 0 Å². The monoisotopic (exact) mass is 359 g/mol. The molecule has 0 fully saturated rings. The summed E-state index contributed by atoms with van der Waals surface area (Å²) >= 11 is 7.42. The van der Waals surface area contributed by atoms with Crippen LogP contribution < -0.4 is 4.80 Å². The molecule has 0 aliphatic rings. The minimum atomic E-state index is 0.341. The van der Waals surface area contributed by atoms with E-state index in [9.17, 15) is 0 Å². The molecule has 0 aliphatic heterocycles. The van der Waals surface area contributed by atoms with Crippen LogP contribution >= 0.6 is 35.7 Å². The van der Waals surface area contributed by atoms with Crippen LogP contribution in [0, 0.1) is 5.41 Å². The molecule has 0 radical (unpaired) electrons. The lowest BCUT2D eigenvalue weighted by Crippen LogP contribution is -2.17. The highest BCUT2D eigenvalue weighted by Gasteiger charge is 2.06. The fraction of sp³-hybridized carbons (Fsp3) is 0.176. The van der Waals surface area contributed by atoms with Crippen molar-refractivity contribution in [3.8, 4) is 0 Å². The van der Waals surface area contributed by atoms with E-state index in [1.807, 2.05) is 30.3 Å². The van der Waals surface area contributed by atoms with Crippen molar-refractivity contribution in [1.29, 1.82) is 5.41 Å². The van der Waals surface area contributed by atoms with E-state index in [-0.39, 0.29) is 0 Å². The number of benzene rings is 2. The SMILES string of the molecule is N=C(N=c1sc2ccccc2n1CCS)SCc1ccccc1. The number of nitrogens with zero attached hydrogens (tertiary/aromatic N) is 2. The summed E-state index contributed by atoms with van der Waals surface area (Å²) < 4.78 is 3.33. The number of fused-ring (bicyclic) bond motifs is 1. The van der Waals surface area contributed by atoms with Crippen LogP contribution in [-0.4, -0.2) is 15.5 Å². The highest BCUT2D eigenvalue weighted by atomic mass is 32.2. The largest absolute Gasteiger partial charge is 0.316 e. The highest BCUT2D eigenvalue weighted by molar-refractivity contribution is 8.13. The van der Waals surface area contributed by atoms with Crippen molar-refractivity contribution >= 4 is 51.1 Å². The molecule has 0 unspecified atom stereocenters. The van der Waals surface area contributed by atoms with Gasteiger partial charge in [-0.2, -0.15) is 17.6 Å². The predicted octanol–water partition coefficient (Wildman–Crippen LogP) is 4.40. The van der Waals surface area contributed by atoms with Gasteiger partial charge in [-0.3, -0.25) is 5.41 Å². The first-order valence-electron chi connectivity index (χ1n) is 7.27. The van der Waals surface area contributed by atoms with Crippen LogP contribution in [0.5, 0.6) is 0 Å². The Balaban J connectivity index is 1.84. The van der Waals surface area contributed by atoms with Gasteiger partial charge in [0.1, 0.15) is 0 Å². The summed E-state index contributed by atoms with van der Waals surface area (Å²) in [5.74, 6) is 1.51. The number of hydrogen-bond acceptors (Lipinski definition) is 4. The molecule has 0 aliphatic carbocycles. The average Bonchev–Trinajstić information content (AvgIpc) is 2.92. The van der Waals surface area contributed by atoms with Gasteiger partial charge in [0, 0.05) is 18.1 Å². The molecule has 0 saturated heterocycles. The Morgan fingerprint density at radius 2 is 1.87 bits per heavy atom. The van der Waals surface area contributed by atoms with E-state index >= 15 is 0 Å². The van der Waals surface area contributed by atoms with Gasteiger partial charge in [-0.1, -0.05) is 65.6 Å². The lowest BCUT2D eigenvalue weighted by atomic mass is 10.2. The molecule has 1 heterocycles. The van der Waals surface area contributed by atoms with Crippen LogP contribution in [0.3, 0.4) is 0 Å². The molecule has 6 heteroatoms. The molecule has 1 N–H and O–H groups in total. The summed E-state index contributed by atoms with van der Waals surface area (Å²) in [5, 5.41) is 8.49. The van der Waals surface area contributed by atoms with Crippen molar-refractivity contribution in [3.05, 3.63) is 65.0 Å². The van der Waals surface area contributed by atoms with Crippen LogP contribution in [-0.2, 0) is 12.3 Å². The highest BCUT2D eigenvalue weighted by Crippen LogP contribution is 2.18. The number of aryl methyl sites for hydroxylation is 1. The zero-order valence-electron chi connectivity index (χ0n) is 12.5. The zero-order valence-corrected chi connectivity index (χ0v) is 15.0. The van der Waals surface area contributed by atoms with Gasteiger partial charge in [-0.05, 0) is 17.7 Å². The molecule has 3 rings (SSSR count). The molecule has 0 amide bonds. The van der Waals surface area contributed by atoms with Crippen molar-refractivity contribution in [2.24, 2.45) is 4.99 Å². The third-order valence-corrected chi connectivity index (χ3v) is 5.43. The maximum absolute atomic E-state index is 8.15. The number of thiazole rings is 1. The fourth-order valence-corrected chi connectivity index (χ4v) is 4.23. The van der Waals surface area contributed by atoms with Crippen molar-refractivity contribution in [2.45, 2.75) is 12.3 Å². The molecule has 118 valence electrons. The van der Waals surface area contributed by atoms with E-state index < -0.39 is 0 Å². The molecule has 0 atom stereocenters. The maximum atomic E-state index is 8.15. The van der Waals surface area contributed by atoms with E-state index in [2.05, 4.69) is 46.5 Å². The number of nitrogens with one attached hydrogen (secondary N) is 1. The van der Waals surface area contributed by atoms with E-state index in [1.54, 1.807) is 11.3 Å². The minimum Gasteiger partial charge on any atom is -0.316 e. The van der Waals surface area contributed by atoms with E-state index in [4.69, 9.17) is 5.41 Å². The van der Waals surface area contributed by atoms with Crippen molar-refractivity contribution in [2.75, 3.05) is 5.75 Å². The Labute approximate surface area is 149 Å². The third kappa shape index (κ3) is 4.07. The summed E-state index contributed by atoms with van der Waals surface area (Å²) in [6.07, 6.45) is 0. The quantitative estimate of drug-likeness (QED) is 0.405. The zero-order chi connectivity index (χ0) is 16.1. The Morgan fingerprint density at radius 1 is 1.13 bits per heavy atom. The van der Waals surface area contributed by atoms with Gasteiger partial charge in [0.2, 0.25) is 0 Å². The van der Waals surface area contributed by atoms with Crippen molar-refractivity contribution in [1.82, 2.24) is 4.57 Å². The van der Waals surface area contributed by atoms with Crippen molar-refractivity contribution in [3.63, 3.8) is 0 Å². The van der Waals surface area contributed by atoms with Gasteiger partial charge in [-0.15, -0.1) is 0 Å². The van der Waals surface area contributed by atoms with E-state index in [0.29, 0.717) is 5.17 Å². The maximum Gasteiger partial charge on any atom is 0.192 e. The number of amidine groups is 1. The summed E-state index contributed by atoms with van der Waals surface area (Å²) in [5.41, 5.74) is 2.36.